The van der Waals surface area contributed by atoms with E-state index in [1.54, 1.807) is 37.4 Å². The Morgan fingerprint density at radius 1 is 0.931 bits per heavy atom. The molecule has 1 aliphatic heterocycles. The van der Waals surface area contributed by atoms with Crippen molar-refractivity contribution >= 4 is 46.1 Å². The van der Waals surface area contributed by atoms with E-state index < -0.39 is 0 Å². The summed E-state index contributed by atoms with van der Waals surface area (Å²) in [4.78, 5) is 25.0. The van der Waals surface area contributed by atoms with E-state index in [0.717, 1.165) is 11.3 Å². The maximum atomic E-state index is 12.9. The van der Waals surface area contributed by atoms with Crippen LogP contribution in [-0.4, -0.2) is 18.9 Å². The predicted molar refractivity (Wildman–Crippen MR) is 117 cm³/mol. The fourth-order valence-electron chi connectivity index (χ4n) is 3.26. The van der Waals surface area contributed by atoms with Crippen molar-refractivity contribution in [3.05, 3.63) is 94.5 Å². The van der Waals surface area contributed by atoms with Crippen molar-refractivity contribution in [2.24, 2.45) is 0 Å². The first-order valence-corrected chi connectivity index (χ1v) is 9.45. The van der Waals surface area contributed by atoms with Gasteiger partial charge in [0.2, 0.25) is 0 Å². The van der Waals surface area contributed by atoms with Gasteiger partial charge in [-0.05, 0) is 48.0 Å². The molecule has 0 atom stereocenters. The predicted octanol–water partition coefficient (Wildman–Crippen LogP) is 4.63. The molecular formula is C23H18ClN3O2. The van der Waals surface area contributed by atoms with E-state index >= 15 is 0 Å². The molecule has 144 valence electrons. The van der Waals surface area contributed by atoms with Crippen LogP contribution < -0.4 is 16.0 Å². The summed E-state index contributed by atoms with van der Waals surface area (Å²) in [7, 11) is 1.58. The fraction of sp³-hybridized carbons (Fsp3) is 0.0435. The number of hydrogen-bond acceptors (Lipinski definition) is 3. The molecular weight excluding hydrogens is 386 g/mol. The van der Waals surface area contributed by atoms with Gasteiger partial charge in [0, 0.05) is 34.6 Å². The molecule has 0 unspecified atom stereocenters. The van der Waals surface area contributed by atoms with Crippen LogP contribution in [0.3, 0.4) is 0 Å². The Morgan fingerprint density at radius 3 is 2.34 bits per heavy atom. The topological polar surface area (TPSA) is 70.2 Å². The molecule has 3 N–H and O–H groups in total. The number of rotatable bonds is 4. The van der Waals surface area contributed by atoms with Gasteiger partial charge in [-0.2, -0.15) is 0 Å². The van der Waals surface area contributed by atoms with E-state index in [2.05, 4.69) is 16.0 Å². The van der Waals surface area contributed by atoms with Gasteiger partial charge < -0.3 is 16.0 Å². The van der Waals surface area contributed by atoms with E-state index in [1.165, 1.54) is 0 Å². The molecule has 0 saturated carbocycles. The zero-order valence-corrected chi connectivity index (χ0v) is 16.4. The zero-order valence-electron chi connectivity index (χ0n) is 15.6. The first kappa shape index (κ1) is 18.8. The van der Waals surface area contributed by atoms with Crippen molar-refractivity contribution in [1.82, 2.24) is 5.32 Å². The number of carbonyl (C=O) groups is 2. The molecule has 3 aromatic rings. The van der Waals surface area contributed by atoms with Crippen LogP contribution in [0.25, 0.3) is 11.3 Å². The maximum Gasteiger partial charge on any atom is 0.258 e. The van der Waals surface area contributed by atoms with Gasteiger partial charge in [0.15, 0.2) is 0 Å². The molecule has 6 heteroatoms. The quantitative estimate of drug-likeness (QED) is 0.556. The van der Waals surface area contributed by atoms with Gasteiger partial charge in [0.05, 0.1) is 11.3 Å². The fourth-order valence-corrected chi connectivity index (χ4v) is 3.39. The molecule has 0 aromatic heterocycles. The third-order valence-electron chi connectivity index (χ3n) is 4.68. The lowest BCUT2D eigenvalue weighted by molar-refractivity contribution is -0.110. The smallest absolute Gasteiger partial charge is 0.258 e. The van der Waals surface area contributed by atoms with Crippen LogP contribution in [0.5, 0.6) is 0 Å². The van der Waals surface area contributed by atoms with E-state index in [4.69, 9.17) is 11.6 Å². The SMILES string of the molecule is CNC(=O)c1ccc2c(c1)/C(=C(/Nc1ccc(Cl)cc1)c1ccccc1)C(=O)N2. The molecule has 1 heterocycles. The van der Waals surface area contributed by atoms with Crippen LogP contribution in [-0.2, 0) is 4.79 Å². The monoisotopic (exact) mass is 403 g/mol. The second-order valence-corrected chi connectivity index (χ2v) is 6.98. The first-order chi connectivity index (χ1) is 14.1. The minimum Gasteiger partial charge on any atom is -0.355 e. The Bertz CT molecular complexity index is 1120. The summed E-state index contributed by atoms with van der Waals surface area (Å²) in [6, 6.07) is 22.0. The number of benzene rings is 3. The lowest BCUT2D eigenvalue weighted by Crippen LogP contribution is -2.17. The Kier molecular flexibility index (Phi) is 5.06. The highest BCUT2D eigenvalue weighted by Crippen LogP contribution is 2.38. The van der Waals surface area contributed by atoms with Crippen LogP contribution in [0.15, 0.2) is 72.8 Å². The number of fused-ring (bicyclic) bond motifs is 1. The van der Waals surface area contributed by atoms with Crippen molar-refractivity contribution in [2.75, 3.05) is 17.7 Å². The summed E-state index contributed by atoms with van der Waals surface area (Å²) in [6.07, 6.45) is 0. The van der Waals surface area contributed by atoms with E-state index in [-0.39, 0.29) is 11.8 Å². The van der Waals surface area contributed by atoms with Crippen molar-refractivity contribution < 1.29 is 9.59 Å². The summed E-state index contributed by atoms with van der Waals surface area (Å²) in [5, 5.41) is 9.49. The Hall–Kier alpha value is -3.57. The van der Waals surface area contributed by atoms with Gasteiger partial charge in [-0.25, -0.2) is 0 Å². The minimum absolute atomic E-state index is 0.210. The summed E-state index contributed by atoms with van der Waals surface area (Å²) < 4.78 is 0. The molecule has 4 rings (SSSR count). The molecule has 5 nitrogen and oxygen atoms in total. The standard InChI is InChI=1S/C23H18ClN3O2/c1-25-22(28)15-7-12-19-18(13-15)20(23(29)27-19)21(14-5-3-2-4-6-14)26-17-10-8-16(24)9-11-17/h2-13,26H,1H3,(H,25,28)(H,27,29)/b21-20-. The Morgan fingerprint density at radius 2 is 1.66 bits per heavy atom. The highest BCUT2D eigenvalue weighted by molar-refractivity contribution is 6.37. The van der Waals surface area contributed by atoms with Crippen molar-refractivity contribution in [3.8, 4) is 0 Å². The lowest BCUT2D eigenvalue weighted by Gasteiger charge is -2.15. The molecule has 1 aliphatic rings. The first-order valence-electron chi connectivity index (χ1n) is 9.07. The second-order valence-electron chi connectivity index (χ2n) is 6.54. The van der Waals surface area contributed by atoms with Gasteiger partial charge in [-0.1, -0.05) is 41.9 Å². The summed E-state index contributed by atoms with van der Waals surface area (Å²) in [5.74, 6) is -0.437. The number of carbonyl (C=O) groups excluding carboxylic acids is 2. The van der Waals surface area contributed by atoms with Gasteiger partial charge >= 0.3 is 0 Å². The normalized spacial score (nSPS) is 14.1. The average Bonchev–Trinajstić information content (AvgIpc) is 3.08. The van der Waals surface area contributed by atoms with E-state index in [0.29, 0.717) is 33.1 Å². The second kappa shape index (κ2) is 7.81. The number of nitrogens with one attached hydrogen (secondary N) is 3. The third kappa shape index (κ3) is 3.73. The molecule has 0 fully saturated rings. The molecule has 0 aliphatic carbocycles. The number of anilines is 2. The van der Waals surface area contributed by atoms with E-state index in [1.807, 2.05) is 42.5 Å². The zero-order chi connectivity index (χ0) is 20.4. The number of halogens is 1. The number of hydrogen-bond donors (Lipinski definition) is 3. The van der Waals surface area contributed by atoms with Crippen molar-refractivity contribution in [2.45, 2.75) is 0 Å². The summed E-state index contributed by atoms with van der Waals surface area (Å²) in [5.41, 5.74) is 4.61. The lowest BCUT2D eigenvalue weighted by atomic mass is 9.98. The van der Waals surface area contributed by atoms with E-state index in [9.17, 15) is 9.59 Å². The largest absolute Gasteiger partial charge is 0.355 e. The molecule has 0 radical (unpaired) electrons. The molecule has 29 heavy (non-hydrogen) atoms. The van der Waals surface area contributed by atoms with Gasteiger partial charge in [-0.3, -0.25) is 9.59 Å². The van der Waals surface area contributed by atoms with Crippen LogP contribution in [0.2, 0.25) is 5.02 Å². The number of amides is 2. The highest BCUT2D eigenvalue weighted by Gasteiger charge is 2.29. The highest BCUT2D eigenvalue weighted by atomic mass is 35.5. The Labute approximate surface area is 173 Å². The van der Waals surface area contributed by atoms with Crippen LogP contribution >= 0.6 is 11.6 Å². The molecule has 0 spiro atoms. The van der Waals surface area contributed by atoms with Crippen molar-refractivity contribution in [3.63, 3.8) is 0 Å². The third-order valence-corrected chi connectivity index (χ3v) is 4.93. The minimum atomic E-state index is -0.227. The average molecular weight is 404 g/mol. The van der Waals surface area contributed by atoms with Gasteiger partial charge in [0.1, 0.15) is 0 Å². The van der Waals surface area contributed by atoms with Crippen LogP contribution in [0.4, 0.5) is 11.4 Å². The molecule has 3 aromatic carbocycles. The Balaban J connectivity index is 1.90. The maximum absolute atomic E-state index is 12.9. The van der Waals surface area contributed by atoms with Crippen molar-refractivity contribution in [1.29, 1.82) is 0 Å². The molecule has 2 amide bonds. The molecule has 0 bridgehead atoms. The summed E-state index contributed by atoms with van der Waals surface area (Å²) in [6.45, 7) is 0. The molecule has 0 saturated heterocycles. The summed E-state index contributed by atoms with van der Waals surface area (Å²) >= 11 is 6.00. The van der Waals surface area contributed by atoms with Gasteiger partial charge in [0.25, 0.3) is 11.8 Å². The van der Waals surface area contributed by atoms with Crippen LogP contribution in [0.1, 0.15) is 21.5 Å². The van der Waals surface area contributed by atoms with Gasteiger partial charge in [-0.15, -0.1) is 0 Å². The van der Waals surface area contributed by atoms with Crippen LogP contribution in [0, 0.1) is 0 Å².